The highest BCUT2D eigenvalue weighted by molar-refractivity contribution is 5.90. The van der Waals surface area contributed by atoms with Crippen LogP contribution in [0.1, 0.15) is 34.2 Å². The normalized spacial score (nSPS) is 9.70. The maximum Gasteiger partial charge on any atom is 0.355 e. The number of carboxylic acid groups (broad SMARTS) is 1. The van der Waals surface area contributed by atoms with E-state index >= 15 is 0 Å². The van der Waals surface area contributed by atoms with Gasteiger partial charge in [0.25, 0.3) is 0 Å². The van der Waals surface area contributed by atoms with Gasteiger partial charge in [-0.25, -0.2) is 9.59 Å². The number of nitrogens with zero attached hydrogens (tertiary/aromatic N) is 1. The third-order valence-electron chi connectivity index (χ3n) is 2.45. The largest absolute Gasteiger partial charge is 0.477 e. The zero-order chi connectivity index (χ0) is 14.4. The molecule has 0 spiro atoms. The molecular formula is C12H17ClN2O5. The number of hydrogen-bond donors (Lipinski definition) is 2. The smallest absolute Gasteiger partial charge is 0.355 e. The Kier molecular flexibility index (Phi) is 7.56. The summed E-state index contributed by atoms with van der Waals surface area (Å²) in [5.41, 5.74) is 4.31. The van der Waals surface area contributed by atoms with Crippen molar-refractivity contribution in [3.63, 3.8) is 0 Å². The maximum absolute atomic E-state index is 11.7. The summed E-state index contributed by atoms with van der Waals surface area (Å²) in [7, 11) is 0. The Labute approximate surface area is 121 Å². The third kappa shape index (κ3) is 4.36. The first-order valence-corrected chi connectivity index (χ1v) is 5.86. The minimum absolute atomic E-state index is 0. The molecule has 0 aromatic carbocycles. The maximum atomic E-state index is 11.7. The van der Waals surface area contributed by atoms with Gasteiger partial charge in [-0.15, -0.1) is 12.4 Å². The fraction of sp³-hybridized carbons (Fsp3) is 0.417. The summed E-state index contributed by atoms with van der Waals surface area (Å²) in [5, 5.41) is 8.89. The highest BCUT2D eigenvalue weighted by atomic mass is 35.5. The number of aryl methyl sites for hydroxylation is 1. The number of carboxylic acids is 1. The second-order valence-corrected chi connectivity index (χ2v) is 3.80. The van der Waals surface area contributed by atoms with Crippen LogP contribution in [0.5, 0.6) is 0 Å². The van der Waals surface area contributed by atoms with Crippen molar-refractivity contribution < 1.29 is 19.4 Å². The number of halogens is 1. The Hall–Kier alpha value is -1.86. The Morgan fingerprint density at radius 2 is 2.10 bits per heavy atom. The fourth-order valence-electron chi connectivity index (χ4n) is 1.56. The molecule has 8 heteroatoms. The van der Waals surface area contributed by atoms with Crippen LogP contribution in [0.2, 0.25) is 0 Å². The molecule has 1 aromatic heterocycles. The van der Waals surface area contributed by atoms with Gasteiger partial charge in [-0.1, -0.05) is 0 Å². The van der Waals surface area contributed by atoms with Crippen molar-refractivity contribution in [3.05, 3.63) is 33.7 Å². The van der Waals surface area contributed by atoms with E-state index in [2.05, 4.69) is 0 Å². The van der Waals surface area contributed by atoms with Gasteiger partial charge in [-0.05, 0) is 19.9 Å². The first-order chi connectivity index (χ1) is 9.01. The molecule has 0 atom stereocenters. The molecule has 1 rings (SSSR count). The summed E-state index contributed by atoms with van der Waals surface area (Å²) in [4.78, 5) is 34.2. The molecule has 0 amide bonds. The summed E-state index contributed by atoms with van der Waals surface area (Å²) in [6.07, 6.45) is 1.70. The lowest BCUT2D eigenvalue weighted by Gasteiger charge is -2.12. The molecule has 0 radical (unpaired) electrons. The molecule has 20 heavy (non-hydrogen) atoms. The van der Waals surface area contributed by atoms with Crippen LogP contribution in [0.3, 0.4) is 0 Å². The number of nitrogens with two attached hydrogens (primary N) is 1. The van der Waals surface area contributed by atoms with Gasteiger partial charge in [0.2, 0.25) is 0 Å². The number of carbonyl (C=O) groups is 2. The van der Waals surface area contributed by atoms with Crippen LogP contribution in [-0.4, -0.2) is 34.8 Å². The van der Waals surface area contributed by atoms with Crippen LogP contribution >= 0.6 is 12.4 Å². The van der Waals surface area contributed by atoms with E-state index in [-0.39, 0.29) is 30.3 Å². The average Bonchev–Trinajstić information content (AvgIpc) is 2.36. The summed E-state index contributed by atoms with van der Waals surface area (Å²) in [6.45, 7) is 2.54. The van der Waals surface area contributed by atoms with Crippen LogP contribution in [0, 0.1) is 0 Å². The van der Waals surface area contributed by atoms with Gasteiger partial charge in [0.05, 0.1) is 6.61 Å². The second-order valence-electron chi connectivity index (χ2n) is 3.80. The summed E-state index contributed by atoms with van der Waals surface area (Å²) in [6, 6.07) is 0.984. The van der Waals surface area contributed by atoms with Crippen molar-refractivity contribution in [2.45, 2.75) is 19.9 Å². The van der Waals surface area contributed by atoms with Crippen molar-refractivity contribution >= 4 is 24.3 Å². The van der Waals surface area contributed by atoms with Crippen molar-refractivity contribution in [3.8, 4) is 0 Å². The minimum Gasteiger partial charge on any atom is -0.477 e. The van der Waals surface area contributed by atoms with Crippen LogP contribution in [0.25, 0.3) is 0 Å². The van der Waals surface area contributed by atoms with E-state index in [1.54, 1.807) is 6.92 Å². The first kappa shape index (κ1) is 18.1. The number of aromatic carboxylic acids is 1. The predicted octanol–water partition coefficient (Wildman–Crippen LogP) is 0.494. The number of pyridine rings is 1. The monoisotopic (exact) mass is 304 g/mol. The molecule has 0 saturated heterocycles. The Morgan fingerprint density at radius 1 is 1.45 bits per heavy atom. The topological polar surface area (TPSA) is 112 Å². The van der Waals surface area contributed by atoms with E-state index < -0.39 is 17.4 Å². The Morgan fingerprint density at radius 3 is 2.60 bits per heavy atom. The molecular weight excluding hydrogens is 288 g/mol. The van der Waals surface area contributed by atoms with Gasteiger partial charge < -0.3 is 20.1 Å². The number of esters is 1. The van der Waals surface area contributed by atoms with E-state index in [0.29, 0.717) is 19.5 Å². The molecule has 0 aliphatic carbocycles. The standard InChI is InChI=1S/C12H16N2O5.ClH/c1-2-19-12(18)9-6-10(15)8(11(16)17)7-14(9)5-3-4-13;/h6-7H,2-5,13H2,1H3,(H,16,17);1H. The molecule has 1 aromatic rings. The van der Waals surface area contributed by atoms with E-state index in [0.717, 1.165) is 12.3 Å². The van der Waals surface area contributed by atoms with Crippen LogP contribution in [0.15, 0.2) is 17.1 Å². The Bertz CT molecular complexity index is 541. The lowest BCUT2D eigenvalue weighted by atomic mass is 10.2. The SMILES string of the molecule is CCOC(=O)c1cc(=O)c(C(=O)O)cn1CCCN.Cl. The molecule has 0 aliphatic heterocycles. The highest BCUT2D eigenvalue weighted by Crippen LogP contribution is 2.05. The number of ether oxygens (including phenoxy) is 1. The van der Waals surface area contributed by atoms with Crippen molar-refractivity contribution in [1.29, 1.82) is 0 Å². The van der Waals surface area contributed by atoms with Gasteiger partial charge in [0.1, 0.15) is 11.3 Å². The quantitative estimate of drug-likeness (QED) is 0.740. The number of carbonyl (C=O) groups excluding carboxylic acids is 1. The van der Waals surface area contributed by atoms with Gasteiger partial charge in [-0.3, -0.25) is 4.79 Å². The van der Waals surface area contributed by atoms with Gasteiger partial charge in [0, 0.05) is 18.8 Å². The van der Waals surface area contributed by atoms with E-state index in [1.165, 1.54) is 4.57 Å². The molecule has 0 saturated carbocycles. The summed E-state index contributed by atoms with van der Waals surface area (Å²) < 4.78 is 6.21. The summed E-state index contributed by atoms with van der Waals surface area (Å²) >= 11 is 0. The molecule has 1 heterocycles. The molecule has 0 aliphatic rings. The lowest BCUT2D eigenvalue weighted by molar-refractivity contribution is 0.0510. The van der Waals surface area contributed by atoms with Crippen LogP contribution in [-0.2, 0) is 11.3 Å². The average molecular weight is 305 g/mol. The summed E-state index contributed by atoms with van der Waals surface area (Å²) in [5.74, 6) is -1.99. The van der Waals surface area contributed by atoms with Crippen molar-refractivity contribution in [2.24, 2.45) is 5.73 Å². The van der Waals surface area contributed by atoms with E-state index in [4.69, 9.17) is 15.6 Å². The molecule has 0 fully saturated rings. The van der Waals surface area contributed by atoms with Gasteiger partial charge >= 0.3 is 11.9 Å². The molecule has 112 valence electrons. The van der Waals surface area contributed by atoms with Gasteiger partial charge in [-0.2, -0.15) is 0 Å². The van der Waals surface area contributed by atoms with E-state index in [9.17, 15) is 14.4 Å². The zero-order valence-corrected chi connectivity index (χ0v) is 11.8. The minimum atomic E-state index is -1.33. The molecule has 0 bridgehead atoms. The molecule has 3 N–H and O–H groups in total. The highest BCUT2D eigenvalue weighted by Gasteiger charge is 2.17. The lowest BCUT2D eigenvalue weighted by Crippen LogP contribution is -2.24. The second kappa shape index (κ2) is 8.34. The number of rotatable bonds is 6. The molecule has 7 nitrogen and oxygen atoms in total. The van der Waals surface area contributed by atoms with Crippen molar-refractivity contribution in [1.82, 2.24) is 4.57 Å². The Balaban J connectivity index is 0.00000361. The van der Waals surface area contributed by atoms with E-state index in [1.807, 2.05) is 0 Å². The zero-order valence-electron chi connectivity index (χ0n) is 11.0. The number of aromatic nitrogens is 1. The van der Waals surface area contributed by atoms with Crippen molar-refractivity contribution in [2.75, 3.05) is 13.2 Å². The fourth-order valence-corrected chi connectivity index (χ4v) is 1.56. The molecule has 0 unspecified atom stereocenters. The van der Waals surface area contributed by atoms with Crippen LogP contribution in [0.4, 0.5) is 0 Å². The predicted molar refractivity (Wildman–Crippen MR) is 74.5 cm³/mol. The first-order valence-electron chi connectivity index (χ1n) is 5.86. The van der Waals surface area contributed by atoms with Gasteiger partial charge in [0.15, 0.2) is 5.43 Å². The number of hydrogen-bond acceptors (Lipinski definition) is 5. The third-order valence-corrected chi connectivity index (χ3v) is 2.45. The van der Waals surface area contributed by atoms with Crippen LogP contribution < -0.4 is 11.2 Å².